The summed E-state index contributed by atoms with van der Waals surface area (Å²) in [5.41, 5.74) is 0.00567. The number of sulfonamides is 1. The normalized spacial score (nSPS) is 29.1. The van der Waals surface area contributed by atoms with E-state index in [0.29, 0.717) is 57.0 Å². The van der Waals surface area contributed by atoms with Gasteiger partial charge in [0.25, 0.3) is 0 Å². The van der Waals surface area contributed by atoms with Gasteiger partial charge < -0.3 is 10.4 Å². The zero-order valence-corrected chi connectivity index (χ0v) is 17.8. The summed E-state index contributed by atoms with van der Waals surface area (Å²) in [6.45, 7) is 2.73. The Hall–Kier alpha value is -1.78. The highest BCUT2D eigenvalue weighted by Gasteiger charge is 2.45. The number of aromatic nitrogens is 2. The minimum absolute atomic E-state index is 0.00390. The predicted octanol–water partition coefficient (Wildman–Crippen LogP) is 0.895. The number of hydrogen-bond donors (Lipinski definition) is 2. The van der Waals surface area contributed by atoms with Gasteiger partial charge in [0.2, 0.25) is 21.9 Å². The first-order valence-corrected chi connectivity index (χ1v) is 12.1. The first-order chi connectivity index (χ1) is 13.6. The van der Waals surface area contributed by atoms with E-state index in [0.717, 1.165) is 18.4 Å². The fourth-order valence-corrected chi connectivity index (χ4v) is 5.58. The van der Waals surface area contributed by atoms with Crippen molar-refractivity contribution in [1.29, 1.82) is 0 Å². The minimum atomic E-state index is -3.16. The van der Waals surface area contributed by atoms with Crippen LogP contribution in [0.3, 0.4) is 0 Å². The fraction of sp³-hybridized carbons (Fsp3) is 0.737. The summed E-state index contributed by atoms with van der Waals surface area (Å²) in [6, 6.07) is -0.192. The van der Waals surface area contributed by atoms with Crippen LogP contribution >= 0.6 is 0 Å². The molecule has 2 fully saturated rings. The van der Waals surface area contributed by atoms with Crippen molar-refractivity contribution in [1.82, 2.24) is 14.3 Å². The van der Waals surface area contributed by atoms with Gasteiger partial charge in [-0.05, 0) is 45.4 Å². The van der Waals surface area contributed by atoms with Gasteiger partial charge in [0.15, 0.2) is 0 Å². The largest absolute Gasteiger partial charge is 0.388 e. The average molecular weight is 424 g/mol. The third-order valence-corrected chi connectivity index (χ3v) is 7.70. The van der Waals surface area contributed by atoms with Crippen molar-refractivity contribution >= 4 is 27.7 Å². The molecule has 0 bridgehead atoms. The molecule has 1 aromatic rings. The van der Waals surface area contributed by atoms with Gasteiger partial charge in [0.05, 0.1) is 17.9 Å². The van der Waals surface area contributed by atoms with E-state index in [4.69, 9.17) is 0 Å². The molecule has 2 aliphatic heterocycles. The molecule has 10 heteroatoms. The average Bonchev–Trinajstić information content (AvgIpc) is 3.00. The molecule has 1 saturated heterocycles. The van der Waals surface area contributed by atoms with E-state index in [-0.39, 0.29) is 18.0 Å². The highest BCUT2D eigenvalue weighted by Crippen LogP contribution is 2.39. The third kappa shape index (κ3) is 4.10. The molecule has 9 nitrogen and oxygen atoms in total. The van der Waals surface area contributed by atoms with Crippen LogP contribution in [-0.4, -0.2) is 70.7 Å². The second kappa shape index (κ2) is 7.48. The van der Waals surface area contributed by atoms with Crippen molar-refractivity contribution in [2.75, 3.05) is 29.6 Å². The van der Waals surface area contributed by atoms with Crippen molar-refractivity contribution < 1.29 is 18.3 Å². The van der Waals surface area contributed by atoms with E-state index < -0.39 is 15.6 Å². The minimum Gasteiger partial charge on any atom is -0.388 e. The highest BCUT2D eigenvalue weighted by atomic mass is 32.2. The zero-order valence-electron chi connectivity index (χ0n) is 17.0. The van der Waals surface area contributed by atoms with Crippen molar-refractivity contribution in [2.24, 2.45) is 0 Å². The molecule has 1 saturated carbocycles. The van der Waals surface area contributed by atoms with Gasteiger partial charge >= 0.3 is 0 Å². The summed E-state index contributed by atoms with van der Waals surface area (Å²) >= 11 is 0. The molecule has 0 aromatic carbocycles. The van der Waals surface area contributed by atoms with Crippen LogP contribution in [0, 0.1) is 0 Å². The number of rotatable bonds is 4. The Morgan fingerprint density at radius 2 is 1.97 bits per heavy atom. The van der Waals surface area contributed by atoms with E-state index in [1.165, 1.54) is 10.6 Å². The number of carbonyl (C=O) groups excluding carboxylic acids is 1. The number of carbonyl (C=O) groups is 1. The highest BCUT2D eigenvalue weighted by molar-refractivity contribution is 7.88. The first kappa shape index (κ1) is 20.5. The second-order valence-electron chi connectivity index (χ2n) is 8.65. The molecule has 0 unspecified atom stereocenters. The van der Waals surface area contributed by atoms with Crippen molar-refractivity contribution in [3.63, 3.8) is 0 Å². The summed E-state index contributed by atoms with van der Waals surface area (Å²) in [5, 5.41) is 14.1. The Labute approximate surface area is 171 Å². The van der Waals surface area contributed by atoms with Gasteiger partial charge in [0, 0.05) is 37.3 Å². The van der Waals surface area contributed by atoms with E-state index in [9.17, 15) is 18.3 Å². The number of piperidine rings is 1. The van der Waals surface area contributed by atoms with E-state index >= 15 is 0 Å². The third-order valence-electron chi connectivity index (χ3n) is 6.39. The molecule has 1 aliphatic carbocycles. The van der Waals surface area contributed by atoms with E-state index in [2.05, 4.69) is 15.3 Å². The van der Waals surface area contributed by atoms with E-state index in [1.54, 1.807) is 18.0 Å². The molecule has 1 amide bonds. The second-order valence-corrected chi connectivity index (χ2v) is 10.6. The molecule has 1 aromatic heterocycles. The first-order valence-electron chi connectivity index (χ1n) is 10.3. The zero-order chi connectivity index (χ0) is 20.8. The Morgan fingerprint density at radius 1 is 1.24 bits per heavy atom. The number of nitrogens with zero attached hydrogens (tertiary/aromatic N) is 4. The monoisotopic (exact) mass is 423 g/mol. The number of nitrogens with one attached hydrogen (secondary N) is 1. The number of aliphatic hydroxyl groups is 1. The predicted molar refractivity (Wildman–Crippen MR) is 109 cm³/mol. The van der Waals surface area contributed by atoms with Crippen LogP contribution in [0.5, 0.6) is 0 Å². The summed E-state index contributed by atoms with van der Waals surface area (Å²) in [7, 11) is -3.16. The van der Waals surface area contributed by atoms with Gasteiger partial charge in [0.1, 0.15) is 5.82 Å². The van der Waals surface area contributed by atoms with E-state index in [1.807, 2.05) is 0 Å². The maximum Gasteiger partial charge on any atom is 0.228 e. The number of aryl methyl sites for hydroxylation is 1. The molecule has 160 valence electrons. The molecule has 3 heterocycles. The lowest BCUT2D eigenvalue weighted by Crippen LogP contribution is -2.52. The SMILES string of the molecule is C[C@]1(O)CCC[C@@H]1N1C(=O)CCc2cnc(NC3CCN(S(C)(=O)=O)CC3)nc21. The van der Waals surface area contributed by atoms with Crippen LogP contribution in [0.4, 0.5) is 11.8 Å². The van der Waals surface area contributed by atoms with Crippen LogP contribution in [0.2, 0.25) is 0 Å². The van der Waals surface area contributed by atoms with Gasteiger partial charge in [-0.25, -0.2) is 17.7 Å². The lowest BCUT2D eigenvalue weighted by atomic mass is 9.95. The molecule has 4 rings (SSSR count). The van der Waals surface area contributed by atoms with Crippen molar-refractivity contribution in [2.45, 2.75) is 69.6 Å². The maximum absolute atomic E-state index is 12.7. The van der Waals surface area contributed by atoms with Gasteiger partial charge in [-0.2, -0.15) is 4.98 Å². The molecular formula is C19H29N5O4S. The van der Waals surface area contributed by atoms with Crippen LogP contribution in [-0.2, 0) is 21.2 Å². The van der Waals surface area contributed by atoms with Crippen molar-refractivity contribution in [3.05, 3.63) is 11.8 Å². The lowest BCUT2D eigenvalue weighted by molar-refractivity contribution is -0.120. The quantitative estimate of drug-likeness (QED) is 0.739. The molecule has 0 radical (unpaired) electrons. The fourth-order valence-electron chi connectivity index (χ4n) is 4.71. The Morgan fingerprint density at radius 3 is 2.59 bits per heavy atom. The Balaban J connectivity index is 1.53. The maximum atomic E-state index is 12.7. The molecule has 2 atom stereocenters. The number of anilines is 2. The summed E-state index contributed by atoms with van der Waals surface area (Å²) in [5.74, 6) is 1.04. The smallest absolute Gasteiger partial charge is 0.228 e. The molecule has 0 spiro atoms. The van der Waals surface area contributed by atoms with Crippen LogP contribution < -0.4 is 10.2 Å². The lowest BCUT2D eigenvalue weighted by Gasteiger charge is -2.39. The molecule has 2 N–H and O–H groups in total. The van der Waals surface area contributed by atoms with Crippen LogP contribution in [0.15, 0.2) is 6.20 Å². The van der Waals surface area contributed by atoms with Crippen molar-refractivity contribution in [3.8, 4) is 0 Å². The standard InChI is InChI=1S/C19H29N5O4S/c1-19(26)9-3-4-15(19)24-16(25)6-5-13-12-20-18(22-17(13)24)21-14-7-10-23(11-8-14)29(2,27)28/h12,14-15,26H,3-11H2,1-2H3,(H,20,21,22)/t15-,19-/m0/s1. The summed E-state index contributed by atoms with van der Waals surface area (Å²) in [4.78, 5) is 23.5. The Bertz CT molecular complexity index is 896. The topological polar surface area (TPSA) is 116 Å². The number of hydrogen-bond acceptors (Lipinski definition) is 7. The molecule has 29 heavy (non-hydrogen) atoms. The van der Waals surface area contributed by atoms with Gasteiger partial charge in [-0.1, -0.05) is 0 Å². The number of amides is 1. The molecular weight excluding hydrogens is 394 g/mol. The number of fused-ring (bicyclic) bond motifs is 1. The van der Waals surface area contributed by atoms with Crippen LogP contribution in [0.25, 0.3) is 0 Å². The van der Waals surface area contributed by atoms with Gasteiger partial charge in [-0.3, -0.25) is 9.69 Å². The van der Waals surface area contributed by atoms with Crippen LogP contribution in [0.1, 0.15) is 51.0 Å². The molecule has 3 aliphatic rings. The Kier molecular flexibility index (Phi) is 5.28. The summed E-state index contributed by atoms with van der Waals surface area (Å²) in [6.07, 6.45) is 7.66. The summed E-state index contributed by atoms with van der Waals surface area (Å²) < 4.78 is 24.8. The van der Waals surface area contributed by atoms with Gasteiger partial charge in [-0.15, -0.1) is 0 Å².